The Hall–Kier alpha value is -1.59. The Morgan fingerprint density at radius 1 is 1.44 bits per heavy atom. The summed E-state index contributed by atoms with van der Waals surface area (Å²) in [5.74, 6) is 6.12. The minimum Gasteiger partial charge on any atom is -0.444 e. The van der Waals surface area contributed by atoms with Crippen LogP contribution in [-0.4, -0.2) is 30.7 Å². The summed E-state index contributed by atoms with van der Waals surface area (Å²) in [5.41, 5.74) is 0.960. The second kappa shape index (κ2) is 6.37. The summed E-state index contributed by atoms with van der Waals surface area (Å²) in [5, 5.41) is 4.41. The van der Waals surface area contributed by atoms with E-state index < -0.39 is 6.09 Å². The lowest BCUT2D eigenvalue weighted by Gasteiger charge is -2.19. The van der Waals surface area contributed by atoms with Gasteiger partial charge in [0, 0.05) is 6.54 Å². The minimum absolute atomic E-state index is 0.260. The van der Waals surface area contributed by atoms with E-state index in [0.29, 0.717) is 12.5 Å². The number of amides is 1. The summed E-state index contributed by atoms with van der Waals surface area (Å²) in [7, 11) is 0. The van der Waals surface area contributed by atoms with Gasteiger partial charge in [-0.15, -0.1) is 0 Å². The predicted molar refractivity (Wildman–Crippen MR) is 68.5 cm³/mol. The molecule has 1 unspecified atom stereocenters. The molecule has 2 rings (SSSR count). The molecule has 1 fully saturated rings. The molecule has 0 saturated carbocycles. The van der Waals surface area contributed by atoms with E-state index in [9.17, 15) is 4.79 Å². The van der Waals surface area contributed by atoms with Crippen LogP contribution in [0.5, 0.6) is 0 Å². The van der Waals surface area contributed by atoms with E-state index in [0.717, 1.165) is 25.1 Å². The van der Waals surface area contributed by atoms with Crippen molar-refractivity contribution in [2.75, 3.05) is 19.6 Å². The molecule has 0 aliphatic carbocycles. The van der Waals surface area contributed by atoms with E-state index in [1.54, 1.807) is 0 Å². The summed E-state index contributed by atoms with van der Waals surface area (Å²) in [6, 6.07) is 9.57. The van der Waals surface area contributed by atoms with Crippen molar-refractivity contribution >= 4 is 6.09 Å². The van der Waals surface area contributed by atoms with Crippen molar-refractivity contribution in [3.05, 3.63) is 35.9 Å². The number of benzene rings is 1. The fraction of sp³-hybridized carbons (Fsp3) is 0.462. The molecule has 5 nitrogen and oxygen atoms in total. The molecule has 1 aromatic rings. The van der Waals surface area contributed by atoms with Crippen molar-refractivity contribution in [2.45, 2.75) is 13.0 Å². The highest BCUT2D eigenvalue weighted by Gasteiger charge is 2.20. The van der Waals surface area contributed by atoms with Crippen LogP contribution in [-0.2, 0) is 11.3 Å². The van der Waals surface area contributed by atoms with Crippen LogP contribution in [0.2, 0.25) is 0 Å². The van der Waals surface area contributed by atoms with Gasteiger partial charge in [-0.1, -0.05) is 30.3 Å². The predicted octanol–water partition coefficient (Wildman–Crippen LogP) is 1.11. The van der Waals surface area contributed by atoms with Gasteiger partial charge in [0.15, 0.2) is 0 Å². The summed E-state index contributed by atoms with van der Waals surface area (Å²) in [4.78, 5) is 11.7. The average molecular weight is 249 g/mol. The fourth-order valence-corrected chi connectivity index (χ4v) is 2.03. The molecule has 0 spiro atoms. The van der Waals surface area contributed by atoms with Crippen LogP contribution < -0.4 is 11.2 Å². The molecule has 3 N–H and O–H groups in total. The molecule has 1 aliphatic heterocycles. The SMILES string of the molecule is NN(CC1CCNC1)C(=O)OCc1ccccc1. The number of hydrogen-bond donors (Lipinski definition) is 2. The fourth-order valence-electron chi connectivity index (χ4n) is 2.03. The molecule has 18 heavy (non-hydrogen) atoms. The first-order valence-electron chi connectivity index (χ1n) is 6.19. The Morgan fingerprint density at radius 3 is 2.89 bits per heavy atom. The molecular formula is C13H19N3O2. The quantitative estimate of drug-likeness (QED) is 0.476. The first-order chi connectivity index (χ1) is 8.75. The van der Waals surface area contributed by atoms with Gasteiger partial charge in [-0.05, 0) is 31.0 Å². The van der Waals surface area contributed by atoms with E-state index >= 15 is 0 Å². The summed E-state index contributed by atoms with van der Waals surface area (Å²) < 4.78 is 5.14. The monoisotopic (exact) mass is 249 g/mol. The molecule has 1 aromatic carbocycles. The molecule has 98 valence electrons. The van der Waals surface area contributed by atoms with E-state index in [1.807, 2.05) is 30.3 Å². The van der Waals surface area contributed by atoms with Crippen LogP contribution in [0.3, 0.4) is 0 Å². The first kappa shape index (κ1) is 12.9. The lowest BCUT2D eigenvalue weighted by molar-refractivity contribution is 0.0913. The summed E-state index contributed by atoms with van der Waals surface area (Å²) in [6.45, 7) is 2.72. The zero-order valence-corrected chi connectivity index (χ0v) is 10.3. The third kappa shape index (κ3) is 3.72. The Morgan fingerprint density at radius 2 is 2.22 bits per heavy atom. The molecular weight excluding hydrogens is 230 g/mol. The number of carbonyl (C=O) groups is 1. The maximum absolute atomic E-state index is 11.7. The topological polar surface area (TPSA) is 67.6 Å². The lowest BCUT2D eigenvalue weighted by Crippen LogP contribution is -2.41. The Balaban J connectivity index is 1.73. The van der Waals surface area contributed by atoms with Crippen molar-refractivity contribution in [1.29, 1.82) is 0 Å². The first-order valence-corrected chi connectivity index (χ1v) is 6.19. The highest BCUT2D eigenvalue weighted by Crippen LogP contribution is 2.09. The van der Waals surface area contributed by atoms with Gasteiger partial charge >= 0.3 is 6.09 Å². The van der Waals surface area contributed by atoms with Gasteiger partial charge in [-0.25, -0.2) is 15.6 Å². The largest absolute Gasteiger partial charge is 0.444 e. The van der Waals surface area contributed by atoms with Crippen LogP contribution in [0.4, 0.5) is 4.79 Å². The van der Waals surface area contributed by atoms with Crippen LogP contribution in [0.15, 0.2) is 30.3 Å². The van der Waals surface area contributed by atoms with Crippen molar-refractivity contribution in [3.63, 3.8) is 0 Å². The van der Waals surface area contributed by atoms with E-state index in [2.05, 4.69) is 5.32 Å². The molecule has 1 heterocycles. The molecule has 0 bridgehead atoms. The Kier molecular flexibility index (Phi) is 4.55. The van der Waals surface area contributed by atoms with Gasteiger partial charge in [0.2, 0.25) is 0 Å². The van der Waals surface area contributed by atoms with Gasteiger partial charge in [0.05, 0.1) is 0 Å². The smallest absolute Gasteiger partial charge is 0.424 e. The van der Waals surface area contributed by atoms with Gasteiger partial charge < -0.3 is 10.1 Å². The van der Waals surface area contributed by atoms with E-state index in [4.69, 9.17) is 10.6 Å². The van der Waals surface area contributed by atoms with Crippen molar-refractivity contribution in [1.82, 2.24) is 10.3 Å². The number of nitrogens with zero attached hydrogens (tertiary/aromatic N) is 1. The van der Waals surface area contributed by atoms with Crippen LogP contribution in [0, 0.1) is 5.92 Å². The van der Waals surface area contributed by atoms with Crippen molar-refractivity contribution < 1.29 is 9.53 Å². The number of hydrazine groups is 1. The molecule has 1 saturated heterocycles. The number of nitrogens with two attached hydrogens (primary N) is 1. The lowest BCUT2D eigenvalue weighted by atomic mass is 10.1. The van der Waals surface area contributed by atoms with Gasteiger partial charge in [-0.3, -0.25) is 0 Å². The normalized spacial score (nSPS) is 18.6. The highest BCUT2D eigenvalue weighted by atomic mass is 16.6. The summed E-state index contributed by atoms with van der Waals surface area (Å²) >= 11 is 0. The van der Waals surface area contributed by atoms with Crippen LogP contribution in [0.1, 0.15) is 12.0 Å². The van der Waals surface area contributed by atoms with Crippen LogP contribution in [0.25, 0.3) is 0 Å². The second-order valence-electron chi connectivity index (χ2n) is 4.55. The zero-order chi connectivity index (χ0) is 12.8. The zero-order valence-electron chi connectivity index (χ0n) is 10.3. The molecule has 1 atom stereocenters. The number of hydrogen-bond acceptors (Lipinski definition) is 4. The summed E-state index contributed by atoms with van der Waals surface area (Å²) in [6.07, 6.45) is 0.588. The standard InChI is InChI=1S/C13H19N3O2/c14-16(9-12-6-7-15-8-12)13(17)18-10-11-4-2-1-3-5-11/h1-5,12,15H,6-10,14H2. The molecule has 1 amide bonds. The van der Waals surface area contributed by atoms with Gasteiger partial charge in [-0.2, -0.15) is 0 Å². The average Bonchev–Trinajstić information content (AvgIpc) is 2.90. The van der Waals surface area contributed by atoms with Gasteiger partial charge in [0.25, 0.3) is 0 Å². The molecule has 0 aromatic heterocycles. The Bertz CT molecular complexity index is 377. The number of ether oxygens (including phenoxy) is 1. The number of nitrogens with one attached hydrogen (secondary N) is 1. The highest BCUT2D eigenvalue weighted by molar-refractivity contribution is 5.66. The number of rotatable bonds is 4. The third-order valence-electron chi connectivity index (χ3n) is 3.06. The van der Waals surface area contributed by atoms with Crippen molar-refractivity contribution in [2.24, 2.45) is 11.8 Å². The molecule has 0 radical (unpaired) electrons. The minimum atomic E-state index is -0.467. The van der Waals surface area contributed by atoms with E-state index in [1.165, 1.54) is 5.01 Å². The van der Waals surface area contributed by atoms with Crippen molar-refractivity contribution in [3.8, 4) is 0 Å². The number of carbonyl (C=O) groups excluding carboxylic acids is 1. The maximum Gasteiger partial charge on any atom is 0.424 e. The van der Waals surface area contributed by atoms with Gasteiger partial charge in [0.1, 0.15) is 6.61 Å². The second-order valence-corrected chi connectivity index (χ2v) is 4.55. The molecule has 5 heteroatoms. The molecule has 1 aliphatic rings. The van der Waals surface area contributed by atoms with Crippen LogP contribution >= 0.6 is 0 Å². The third-order valence-corrected chi connectivity index (χ3v) is 3.06. The van der Waals surface area contributed by atoms with E-state index in [-0.39, 0.29) is 6.61 Å². The maximum atomic E-state index is 11.7. The Labute approximate surface area is 107 Å².